The maximum absolute atomic E-state index is 12.0. The van der Waals surface area contributed by atoms with Crippen LogP contribution < -0.4 is 10.2 Å². The molecule has 0 saturated heterocycles. The predicted molar refractivity (Wildman–Crippen MR) is 95.3 cm³/mol. The first kappa shape index (κ1) is 17.2. The summed E-state index contributed by atoms with van der Waals surface area (Å²) in [5.41, 5.74) is 3.81. The second-order valence-corrected chi connectivity index (χ2v) is 7.26. The Morgan fingerprint density at radius 1 is 1.26 bits per heavy atom. The van der Waals surface area contributed by atoms with Crippen LogP contribution in [-0.4, -0.2) is 18.2 Å². The van der Waals surface area contributed by atoms with E-state index < -0.39 is 6.10 Å². The summed E-state index contributed by atoms with van der Waals surface area (Å²) in [6, 6.07) is 11.7. The van der Waals surface area contributed by atoms with E-state index in [2.05, 4.69) is 31.3 Å². The van der Waals surface area contributed by atoms with Gasteiger partial charge in [-0.3, -0.25) is 4.79 Å². The first-order valence-electron chi connectivity index (χ1n) is 7.50. The van der Waals surface area contributed by atoms with E-state index in [0.29, 0.717) is 5.75 Å². The summed E-state index contributed by atoms with van der Waals surface area (Å²) in [6.07, 6.45) is 1.00. The third-order valence-electron chi connectivity index (χ3n) is 3.31. The Hall–Kier alpha value is -2.14. The number of ether oxygens (including phenoxy) is 1. The number of nitrogens with one attached hydrogen (secondary N) is 1. The lowest BCUT2D eigenvalue weighted by molar-refractivity contribution is -0.127. The van der Waals surface area contributed by atoms with E-state index in [1.165, 1.54) is 5.56 Å². The third kappa shape index (κ3) is 5.21. The maximum atomic E-state index is 12.0. The minimum absolute atomic E-state index is 0.0953. The Bertz CT molecular complexity index is 655. The second kappa shape index (κ2) is 7.42. The average molecular weight is 330 g/mol. The Balaban J connectivity index is 1.88. The summed E-state index contributed by atoms with van der Waals surface area (Å²) in [6.45, 7) is 8.17. The lowest BCUT2D eigenvalue weighted by Gasteiger charge is -2.19. The molecule has 0 fully saturated rings. The number of benzene rings is 1. The van der Waals surface area contributed by atoms with E-state index in [4.69, 9.17) is 4.74 Å². The molecule has 1 heterocycles. The molecule has 4 nitrogen and oxygen atoms in total. The highest BCUT2D eigenvalue weighted by atomic mass is 32.1. The van der Waals surface area contributed by atoms with E-state index in [0.717, 1.165) is 4.88 Å². The zero-order valence-electron chi connectivity index (χ0n) is 13.9. The van der Waals surface area contributed by atoms with Crippen molar-refractivity contribution in [1.82, 2.24) is 5.43 Å². The van der Waals surface area contributed by atoms with Crippen molar-refractivity contribution in [2.45, 2.75) is 39.2 Å². The number of hydrogen-bond donors (Lipinski definition) is 1. The zero-order chi connectivity index (χ0) is 16.9. The molecule has 0 bridgehead atoms. The number of thiophene rings is 1. The monoisotopic (exact) mass is 330 g/mol. The average Bonchev–Trinajstić information content (AvgIpc) is 3.00. The molecule has 1 amide bonds. The molecule has 1 N–H and O–H groups in total. The molecule has 2 aromatic rings. The summed E-state index contributed by atoms with van der Waals surface area (Å²) in [4.78, 5) is 12.9. The van der Waals surface area contributed by atoms with Gasteiger partial charge in [0.25, 0.3) is 5.91 Å². The van der Waals surface area contributed by atoms with Crippen LogP contribution in [0.3, 0.4) is 0 Å². The Kier molecular flexibility index (Phi) is 5.55. The van der Waals surface area contributed by atoms with Crippen molar-refractivity contribution in [3.8, 4) is 5.75 Å². The topological polar surface area (TPSA) is 50.7 Å². The number of hydrazone groups is 1. The number of carbonyl (C=O) groups is 1. The minimum atomic E-state index is -0.615. The van der Waals surface area contributed by atoms with Crippen molar-refractivity contribution >= 4 is 23.5 Å². The van der Waals surface area contributed by atoms with Gasteiger partial charge in [0.15, 0.2) is 6.10 Å². The van der Waals surface area contributed by atoms with Crippen LogP contribution in [0, 0.1) is 0 Å². The van der Waals surface area contributed by atoms with Crippen molar-refractivity contribution in [3.63, 3.8) is 0 Å². The van der Waals surface area contributed by atoms with E-state index in [-0.39, 0.29) is 11.3 Å². The normalized spacial score (nSPS) is 13.0. The fraction of sp³-hybridized carbons (Fsp3) is 0.333. The van der Waals surface area contributed by atoms with Gasteiger partial charge in [0, 0.05) is 4.88 Å². The van der Waals surface area contributed by atoms with Crippen molar-refractivity contribution < 1.29 is 9.53 Å². The van der Waals surface area contributed by atoms with E-state index in [1.54, 1.807) is 24.5 Å². The fourth-order valence-electron chi connectivity index (χ4n) is 1.91. The Labute approximate surface area is 141 Å². The molecule has 23 heavy (non-hydrogen) atoms. The lowest BCUT2D eigenvalue weighted by atomic mass is 9.87. The summed E-state index contributed by atoms with van der Waals surface area (Å²) in [7, 11) is 0. The maximum Gasteiger partial charge on any atom is 0.280 e. The van der Waals surface area contributed by atoms with E-state index in [9.17, 15) is 4.79 Å². The van der Waals surface area contributed by atoms with Crippen molar-refractivity contribution in [2.24, 2.45) is 5.10 Å². The number of nitrogens with zero attached hydrogens (tertiary/aromatic N) is 1. The first-order chi connectivity index (χ1) is 10.9. The molecule has 0 aliphatic heterocycles. The summed E-state index contributed by atoms with van der Waals surface area (Å²) in [5, 5.41) is 5.88. The van der Waals surface area contributed by atoms with Crippen molar-refractivity contribution in [1.29, 1.82) is 0 Å². The van der Waals surface area contributed by atoms with Gasteiger partial charge in [0.2, 0.25) is 0 Å². The van der Waals surface area contributed by atoms with Gasteiger partial charge in [-0.1, -0.05) is 39.0 Å². The van der Waals surface area contributed by atoms with Gasteiger partial charge in [-0.2, -0.15) is 5.10 Å². The zero-order valence-corrected chi connectivity index (χ0v) is 14.7. The number of hydrogen-bond acceptors (Lipinski definition) is 4. The molecule has 122 valence electrons. The molecule has 1 atom stereocenters. The van der Waals surface area contributed by atoms with E-state index in [1.807, 2.05) is 41.8 Å². The summed E-state index contributed by atoms with van der Waals surface area (Å²) in [5.74, 6) is 0.389. The first-order valence-corrected chi connectivity index (χ1v) is 8.38. The standard InChI is InChI=1S/C18H22N2O2S/c1-13(17(21)20-19-12-16-6-5-11-23-16)22-15-9-7-14(8-10-15)18(2,3)4/h5-13H,1-4H3,(H,20,21)/b19-12+. The SMILES string of the molecule is CC(Oc1ccc(C(C)(C)C)cc1)C(=O)N/N=C/c1cccs1. The van der Waals surface area contributed by atoms with Gasteiger partial charge >= 0.3 is 0 Å². The number of rotatable bonds is 5. The summed E-state index contributed by atoms with van der Waals surface area (Å²) >= 11 is 1.56. The van der Waals surface area contributed by atoms with Crippen molar-refractivity contribution in [2.75, 3.05) is 0 Å². The van der Waals surface area contributed by atoms with Crippen LogP contribution in [0.5, 0.6) is 5.75 Å². The van der Waals surface area contributed by atoms with Crippen LogP contribution in [0.15, 0.2) is 46.9 Å². The number of carbonyl (C=O) groups excluding carboxylic acids is 1. The molecule has 0 aliphatic rings. The summed E-state index contributed by atoms with van der Waals surface area (Å²) < 4.78 is 5.65. The smallest absolute Gasteiger partial charge is 0.280 e. The van der Waals surface area contributed by atoms with Crippen LogP contribution >= 0.6 is 11.3 Å². The predicted octanol–water partition coefficient (Wildman–Crippen LogP) is 3.96. The highest BCUT2D eigenvalue weighted by Gasteiger charge is 2.16. The molecule has 0 spiro atoms. The number of amides is 1. The molecular formula is C18H22N2O2S. The van der Waals surface area contributed by atoms with Crippen LogP contribution in [0.4, 0.5) is 0 Å². The molecule has 0 radical (unpaired) electrons. The van der Waals surface area contributed by atoms with Gasteiger partial charge in [-0.15, -0.1) is 11.3 Å². The lowest BCUT2D eigenvalue weighted by Crippen LogP contribution is -2.33. The van der Waals surface area contributed by atoms with Crippen molar-refractivity contribution in [3.05, 3.63) is 52.2 Å². The van der Waals surface area contributed by atoms with Gasteiger partial charge in [0.1, 0.15) is 5.75 Å². The van der Waals surface area contributed by atoms with Gasteiger partial charge < -0.3 is 4.74 Å². The van der Waals surface area contributed by atoms with Crippen LogP contribution in [0.2, 0.25) is 0 Å². The molecule has 0 saturated carbocycles. The highest BCUT2D eigenvalue weighted by molar-refractivity contribution is 7.11. The molecule has 0 aliphatic carbocycles. The molecule has 5 heteroatoms. The third-order valence-corrected chi connectivity index (χ3v) is 4.12. The fourth-order valence-corrected chi connectivity index (χ4v) is 2.49. The highest BCUT2D eigenvalue weighted by Crippen LogP contribution is 2.24. The van der Waals surface area contributed by atoms with Crippen LogP contribution in [0.25, 0.3) is 0 Å². The molecule has 1 unspecified atom stereocenters. The van der Waals surface area contributed by atoms with E-state index >= 15 is 0 Å². The van der Waals surface area contributed by atoms with Crippen LogP contribution in [0.1, 0.15) is 38.1 Å². The minimum Gasteiger partial charge on any atom is -0.481 e. The Morgan fingerprint density at radius 3 is 2.52 bits per heavy atom. The molecule has 1 aromatic heterocycles. The Morgan fingerprint density at radius 2 is 1.96 bits per heavy atom. The largest absolute Gasteiger partial charge is 0.481 e. The van der Waals surface area contributed by atoms with Gasteiger partial charge in [-0.25, -0.2) is 5.43 Å². The molecule has 1 aromatic carbocycles. The second-order valence-electron chi connectivity index (χ2n) is 6.28. The molecule has 2 rings (SSSR count). The van der Waals surface area contributed by atoms with Gasteiger partial charge in [-0.05, 0) is 41.5 Å². The van der Waals surface area contributed by atoms with Crippen LogP contribution in [-0.2, 0) is 10.2 Å². The molecular weight excluding hydrogens is 308 g/mol. The quantitative estimate of drug-likeness (QED) is 0.666. The van der Waals surface area contributed by atoms with Gasteiger partial charge in [0.05, 0.1) is 6.21 Å².